The van der Waals surface area contributed by atoms with Crippen LogP contribution in [0.1, 0.15) is 6.92 Å². The Morgan fingerprint density at radius 2 is 1.30 bits per heavy atom. The van der Waals surface area contributed by atoms with E-state index in [0.717, 1.165) is 6.92 Å². The first kappa shape index (κ1) is 35.3. The first-order chi connectivity index (χ1) is 19.9. The van der Waals surface area contributed by atoms with E-state index < -0.39 is 127 Å². The van der Waals surface area contributed by atoms with Crippen molar-refractivity contribution in [2.75, 3.05) is 6.61 Å². The van der Waals surface area contributed by atoms with Gasteiger partial charge in [0.2, 0.25) is 5.91 Å². The summed E-state index contributed by atoms with van der Waals surface area (Å²) in [7, 11) is -5.42. The van der Waals surface area contributed by atoms with Crippen molar-refractivity contribution in [2.45, 2.75) is 99.0 Å². The van der Waals surface area contributed by atoms with Crippen LogP contribution in [0.4, 0.5) is 0 Å². The van der Waals surface area contributed by atoms with Crippen molar-refractivity contribution in [3.8, 4) is 0 Å². The molecule has 3 aliphatic heterocycles. The summed E-state index contributed by atoms with van der Waals surface area (Å²) in [6.07, 6.45) is -30.1. The van der Waals surface area contributed by atoms with Gasteiger partial charge in [-0.25, -0.2) is 13.8 Å². The number of nitrogens with one attached hydrogen (secondary N) is 1. The van der Waals surface area contributed by atoms with Crippen molar-refractivity contribution in [3.63, 3.8) is 0 Å². The van der Waals surface area contributed by atoms with E-state index in [1.54, 1.807) is 0 Å². The lowest BCUT2D eigenvalue weighted by molar-refractivity contribution is -0.358. The molecule has 0 aromatic rings. The van der Waals surface area contributed by atoms with E-state index in [9.17, 15) is 68.8 Å². The van der Waals surface area contributed by atoms with Gasteiger partial charge in [-0.2, -0.15) is 8.42 Å². The van der Waals surface area contributed by atoms with Gasteiger partial charge in [0.15, 0.2) is 37.2 Å². The van der Waals surface area contributed by atoms with Crippen LogP contribution in [0.15, 0.2) is 0 Å². The highest BCUT2D eigenvalue weighted by molar-refractivity contribution is 7.80. The Hall–Kier alpha value is -2.20. The predicted molar refractivity (Wildman–Crippen MR) is 124 cm³/mol. The molecule has 0 aromatic carbocycles. The van der Waals surface area contributed by atoms with Crippen LogP contribution >= 0.6 is 0 Å². The molecule has 0 bridgehead atoms. The fourth-order valence-corrected chi connectivity index (χ4v) is 5.13. The SMILES string of the molecule is CC(=O)N[C@H]1[C@@H](O[C@H]2[C@H](O)[C@@H](O)C(O)O[C@@H]2C(=O)O)O[C@H](CO)[C@@H](O[C@@H]2O[C@@H](C(=O)O)[C@@H](O)[C@H](O)[C@H]2OS(=O)(=O)O)[C@@H]1O. The molecule has 1 unspecified atom stereocenters. The predicted octanol–water partition coefficient (Wildman–Crippen LogP) is -7.42. The first-order valence-corrected chi connectivity index (χ1v) is 13.6. The standard InChI is InChI=1S/C20H31NO21S/c1-3(23)21-5-6(24)11(39-20-14(42-43(34,35)36)8(26)7(25)13(41-20)16(29)30)4(2-22)37-19(5)40-12-9(27)10(28)18(33)38-15(12)17(31)32/h4-15,18-20,22,24-28,33H,2H2,1H3,(H,21,23)(H,29,30)(H,31,32)(H,34,35,36)/t4-,5-,6-,7+,8+,9-,10-,11-,12+,13-,14-,15+,18?,19-,20-/m1/s1. The lowest BCUT2D eigenvalue weighted by Gasteiger charge is -2.48. The molecule has 0 aromatic heterocycles. The number of aliphatic hydroxyl groups excluding tert-OH is 7. The normalized spacial score (nSPS) is 44.0. The van der Waals surface area contributed by atoms with Gasteiger partial charge in [0, 0.05) is 6.92 Å². The Balaban J connectivity index is 1.94. The number of carbonyl (C=O) groups is 3. The molecule has 3 rings (SSSR count). The molecule has 0 radical (unpaired) electrons. The van der Waals surface area contributed by atoms with Crippen molar-refractivity contribution in [3.05, 3.63) is 0 Å². The van der Waals surface area contributed by atoms with E-state index in [-0.39, 0.29) is 0 Å². The molecule has 0 saturated carbocycles. The second kappa shape index (κ2) is 13.8. The van der Waals surface area contributed by atoms with E-state index in [2.05, 4.69) is 9.50 Å². The van der Waals surface area contributed by atoms with Gasteiger partial charge in [0.25, 0.3) is 0 Å². The van der Waals surface area contributed by atoms with E-state index in [1.165, 1.54) is 0 Å². The molecule has 22 nitrogen and oxygen atoms in total. The van der Waals surface area contributed by atoms with Gasteiger partial charge in [-0.3, -0.25) is 9.35 Å². The minimum absolute atomic E-state index is 0.876. The Bertz CT molecular complexity index is 1120. The van der Waals surface area contributed by atoms with Crippen molar-refractivity contribution in [1.29, 1.82) is 0 Å². The minimum atomic E-state index is -5.42. The van der Waals surface area contributed by atoms with Crippen LogP contribution in [0.2, 0.25) is 0 Å². The topological polar surface area (TPSA) is 355 Å². The molecular weight excluding hydrogens is 622 g/mol. The lowest BCUT2D eigenvalue weighted by Crippen LogP contribution is -2.69. The van der Waals surface area contributed by atoms with Crippen molar-refractivity contribution in [1.82, 2.24) is 5.32 Å². The van der Waals surface area contributed by atoms with Crippen LogP contribution in [-0.2, 0) is 52.7 Å². The third kappa shape index (κ3) is 7.91. The average Bonchev–Trinajstić information content (AvgIpc) is 2.90. The van der Waals surface area contributed by atoms with Crippen molar-refractivity contribution >= 4 is 28.2 Å². The number of hydrogen-bond acceptors (Lipinski definition) is 18. The minimum Gasteiger partial charge on any atom is -0.479 e. The molecule has 3 saturated heterocycles. The van der Waals surface area contributed by atoms with Gasteiger partial charge >= 0.3 is 22.3 Å². The first-order valence-electron chi connectivity index (χ1n) is 12.2. The van der Waals surface area contributed by atoms with Gasteiger partial charge < -0.3 is 75.0 Å². The van der Waals surface area contributed by atoms with Gasteiger partial charge in [-0.1, -0.05) is 0 Å². The summed E-state index contributed by atoms with van der Waals surface area (Å²) in [6.45, 7) is -0.141. The summed E-state index contributed by atoms with van der Waals surface area (Å²) in [5.74, 6) is -4.53. The third-order valence-electron chi connectivity index (χ3n) is 6.63. The van der Waals surface area contributed by atoms with Crippen LogP contribution < -0.4 is 5.32 Å². The largest absolute Gasteiger partial charge is 0.479 e. The maximum atomic E-state index is 12.0. The molecule has 11 N–H and O–H groups in total. The molecule has 23 heteroatoms. The smallest absolute Gasteiger partial charge is 0.397 e. The maximum absolute atomic E-state index is 12.0. The number of carboxylic acids is 2. The zero-order chi connectivity index (χ0) is 32.5. The number of amides is 1. The fraction of sp³-hybridized carbons (Fsp3) is 0.850. The zero-order valence-electron chi connectivity index (χ0n) is 21.7. The second-order valence-electron chi connectivity index (χ2n) is 9.64. The summed E-state index contributed by atoms with van der Waals surface area (Å²) in [5, 5.41) is 92.5. The number of aliphatic carboxylic acids is 2. The summed E-state index contributed by atoms with van der Waals surface area (Å²) < 4.78 is 62.3. The van der Waals surface area contributed by atoms with Crippen LogP contribution in [0.3, 0.4) is 0 Å². The number of ether oxygens (including phenoxy) is 5. The number of rotatable bonds is 10. The molecule has 3 heterocycles. The van der Waals surface area contributed by atoms with E-state index in [4.69, 9.17) is 28.2 Å². The van der Waals surface area contributed by atoms with Crippen molar-refractivity contribution < 1.29 is 101 Å². The quantitative estimate of drug-likeness (QED) is 0.0975. The summed E-state index contributed by atoms with van der Waals surface area (Å²) in [4.78, 5) is 35.2. The van der Waals surface area contributed by atoms with E-state index in [0.29, 0.717) is 0 Å². The number of carbonyl (C=O) groups excluding carboxylic acids is 1. The zero-order valence-corrected chi connectivity index (χ0v) is 22.6. The van der Waals surface area contributed by atoms with Crippen molar-refractivity contribution in [2.24, 2.45) is 0 Å². The van der Waals surface area contributed by atoms with E-state index >= 15 is 0 Å². The van der Waals surface area contributed by atoms with Gasteiger partial charge in [-0.15, -0.1) is 0 Å². The molecule has 0 aliphatic carbocycles. The number of carboxylic acid groups (broad SMARTS) is 2. The molecular formula is C20H31NO21S. The van der Waals surface area contributed by atoms with Gasteiger partial charge in [0.05, 0.1) is 6.61 Å². The summed E-state index contributed by atoms with van der Waals surface area (Å²) in [6, 6.07) is -1.80. The molecule has 43 heavy (non-hydrogen) atoms. The lowest BCUT2D eigenvalue weighted by atomic mass is 9.94. The maximum Gasteiger partial charge on any atom is 0.397 e. The number of hydrogen-bond donors (Lipinski definition) is 11. The summed E-state index contributed by atoms with van der Waals surface area (Å²) in [5.41, 5.74) is 0. The highest BCUT2D eigenvalue weighted by Gasteiger charge is 2.56. The monoisotopic (exact) mass is 653 g/mol. The van der Waals surface area contributed by atoms with Crippen LogP contribution in [0, 0.1) is 0 Å². The fourth-order valence-electron chi connectivity index (χ4n) is 4.64. The molecule has 15 atom stereocenters. The Morgan fingerprint density at radius 3 is 1.81 bits per heavy atom. The van der Waals surface area contributed by atoms with Crippen LogP contribution in [0.25, 0.3) is 0 Å². The van der Waals surface area contributed by atoms with Gasteiger partial charge in [0.1, 0.15) is 54.9 Å². The summed E-state index contributed by atoms with van der Waals surface area (Å²) >= 11 is 0. The van der Waals surface area contributed by atoms with Gasteiger partial charge in [-0.05, 0) is 0 Å². The second-order valence-corrected chi connectivity index (χ2v) is 10.7. The molecule has 3 fully saturated rings. The van der Waals surface area contributed by atoms with Crippen LogP contribution in [-0.4, -0.2) is 175 Å². The Kier molecular flexibility index (Phi) is 11.4. The highest BCUT2D eigenvalue weighted by Crippen LogP contribution is 2.33. The average molecular weight is 654 g/mol. The van der Waals surface area contributed by atoms with E-state index in [1.807, 2.05) is 0 Å². The molecule has 248 valence electrons. The molecule has 3 aliphatic rings. The third-order valence-corrected chi connectivity index (χ3v) is 7.10. The highest BCUT2D eigenvalue weighted by atomic mass is 32.3. The van der Waals surface area contributed by atoms with Crippen LogP contribution in [0.5, 0.6) is 0 Å². The Morgan fingerprint density at radius 1 is 0.744 bits per heavy atom. The molecule has 1 amide bonds. The molecule has 0 spiro atoms. The number of aliphatic hydroxyl groups is 7. The Labute approximate surface area is 240 Å².